The Morgan fingerprint density at radius 3 is 2.74 bits per heavy atom. The van der Waals surface area contributed by atoms with Crippen molar-refractivity contribution < 1.29 is 0 Å². The number of rotatable bonds is 3. The van der Waals surface area contributed by atoms with Gasteiger partial charge in [0.05, 0.1) is 28.3 Å². The van der Waals surface area contributed by atoms with E-state index in [0.29, 0.717) is 17.4 Å². The molecule has 1 atom stereocenters. The van der Waals surface area contributed by atoms with E-state index in [2.05, 4.69) is 45.6 Å². The van der Waals surface area contributed by atoms with Crippen molar-refractivity contribution >= 4 is 16.9 Å². The van der Waals surface area contributed by atoms with Gasteiger partial charge in [-0.1, -0.05) is 6.92 Å². The smallest absolute Gasteiger partial charge is 0.258 e. The van der Waals surface area contributed by atoms with Crippen LogP contribution in [0.3, 0.4) is 0 Å². The Morgan fingerprint density at radius 1 is 1.13 bits per heavy atom. The highest BCUT2D eigenvalue weighted by Gasteiger charge is 2.18. The second-order valence-electron chi connectivity index (χ2n) is 8.56. The van der Waals surface area contributed by atoms with Crippen molar-refractivity contribution in [1.82, 2.24) is 24.1 Å². The third-order valence-corrected chi connectivity index (χ3v) is 6.08. The summed E-state index contributed by atoms with van der Waals surface area (Å²) in [5.74, 6) is 0. The third-order valence-electron chi connectivity index (χ3n) is 6.08. The molecule has 7 nitrogen and oxygen atoms in total. The SMILES string of the molecule is CCc1nc(C)cn2cc(-c3cc(=O)n4cc(N5CCN[C@H](C)C5)cc(C)c4n3)cc12. The van der Waals surface area contributed by atoms with Crippen LogP contribution in [0.1, 0.15) is 30.8 Å². The Bertz CT molecular complexity index is 1350. The van der Waals surface area contributed by atoms with Crippen LogP contribution in [-0.4, -0.2) is 44.4 Å². The lowest BCUT2D eigenvalue weighted by atomic mass is 10.1. The van der Waals surface area contributed by atoms with Gasteiger partial charge in [0.25, 0.3) is 5.56 Å². The van der Waals surface area contributed by atoms with E-state index >= 15 is 0 Å². The summed E-state index contributed by atoms with van der Waals surface area (Å²) in [4.78, 5) is 24.9. The minimum Gasteiger partial charge on any atom is -0.368 e. The van der Waals surface area contributed by atoms with Crippen LogP contribution in [0.2, 0.25) is 0 Å². The lowest BCUT2D eigenvalue weighted by Gasteiger charge is -2.33. The number of pyridine rings is 1. The molecule has 31 heavy (non-hydrogen) atoms. The summed E-state index contributed by atoms with van der Waals surface area (Å²) in [7, 11) is 0. The van der Waals surface area contributed by atoms with E-state index in [4.69, 9.17) is 4.98 Å². The summed E-state index contributed by atoms with van der Waals surface area (Å²) in [5.41, 5.74) is 7.42. The quantitative estimate of drug-likeness (QED) is 0.556. The Morgan fingerprint density at radius 2 is 1.97 bits per heavy atom. The van der Waals surface area contributed by atoms with Crippen molar-refractivity contribution in [2.75, 3.05) is 24.5 Å². The number of nitrogens with one attached hydrogen (secondary N) is 1. The standard InChI is InChI=1S/C24H28N6O/c1-5-20-22-9-18(13-29(22)12-17(4)26-20)21-10-23(31)30-14-19(8-15(2)24(30)27-21)28-7-6-25-16(3)11-28/h8-10,12-14,16,25H,5-7,11H2,1-4H3/t16-/m1/s1. The summed E-state index contributed by atoms with van der Waals surface area (Å²) in [6.07, 6.45) is 6.83. The van der Waals surface area contributed by atoms with Crippen molar-refractivity contribution in [3.05, 3.63) is 64.1 Å². The first-order valence-electron chi connectivity index (χ1n) is 10.9. The molecule has 7 heteroatoms. The maximum atomic E-state index is 13.1. The van der Waals surface area contributed by atoms with Gasteiger partial charge in [-0.05, 0) is 44.9 Å². The van der Waals surface area contributed by atoms with Crippen LogP contribution in [0.25, 0.3) is 22.4 Å². The first-order valence-corrected chi connectivity index (χ1v) is 10.9. The van der Waals surface area contributed by atoms with Crippen molar-refractivity contribution in [1.29, 1.82) is 0 Å². The molecule has 1 aliphatic rings. The van der Waals surface area contributed by atoms with Crippen molar-refractivity contribution in [2.45, 2.75) is 40.2 Å². The third kappa shape index (κ3) is 3.49. The van der Waals surface area contributed by atoms with Crippen LogP contribution in [0.4, 0.5) is 5.69 Å². The molecule has 0 aromatic carbocycles. The highest BCUT2D eigenvalue weighted by molar-refractivity contribution is 5.71. The minimum absolute atomic E-state index is 0.0617. The highest BCUT2D eigenvalue weighted by atomic mass is 16.1. The molecule has 1 fully saturated rings. The number of hydrogen-bond donors (Lipinski definition) is 1. The lowest BCUT2D eigenvalue weighted by Crippen LogP contribution is -2.49. The topological polar surface area (TPSA) is 66.9 Å². The second kappa shape index (κ2) is 7.50. The Kier molecular flexibility index (Phi) is 4.78. The second-order valence-corrected chi connectivity index (χ2v) is 8.56. The number of aryl methyl sites for hydroxylation is 3. The van der Waals surface area contributed by atoms with Crippen LogP contribution in [0.5, 0.6) is 0 Å². The molecule has 0 aliphatic carbocycles. The van der Waals surface area contributed by atoms with Gasteiger partial charge in [0.2, 0.25) is 0 Å². The molecule has 0 bridgehead atoms. The monoisotopic (exact) mass is 416 g/mol. The molecular formula is C24H28N6O. The van der Waals surface area contributed by atoms with Gasteiger partial charge in [-0.2, -0.15) is 0 Å². The van der Waals surface area contributed by atoms with Gasteiger partial charge in [-0.3, -0.25) is 14.2 Å². The van der Waals surface area contributed by atoms with Crippen molar-refractivity contribution in [2.24, 2.45) is 0 Å². The number of hydrogen-bond acceptors (Lipinski definition) is 5. The molecule has 0 unspecified atom stereocenters. The molecule has 5 heterocycles. The summed E-state index contributed by atoms with van der Waals surface area (Å²) >= 11 is 0. The van der Waals surface area contributed by atoms with Crippen LogP contribution < -0.4 is 15.8 Å². The molecule has 1 saturated heterocycles. The zero-order valence-electron chi connectivity index (χ0n) is 18.5. The predicted octanol–water partition coefficient (Wildman–Crippen LogP) is 2.99. The Labute approximate surface area is 181 Å². The molecule has 160 valence electrons. The van der Waals surface area contributed by atoms with E-state index in [0.717, 1.165) is 59.8 Å². The Hall–Kier alpha value is -3.19. The summed E-state index contributed by atoms with van der Waals surface area (Å²) in [6, 6.07) is 6.28. The fourth-order valence-corrected chi connectivity index (χ4v) is 4.56. The van der Waals surface area contributed by atoms with E-state index in [1.54, 1.807) is 10.5 Å². The van der Waals surface area contributed by atoms with Gasteiger partial charge in [0.1, 0.15) is 5.65 Å². The van der Waals surface area contributed by atoms with Crippen molar-refractivity contribution in [3.8, 4) is 11.3 Å². The van der Waals surface area contributed by atoms with Gasteiger partial charge < -0.3 is 14.6 Å². The molecule has 0 spiro atoms. The van der Waals surface area contributed by atoms with Gasteiger partial charge in [-0.15, -0.1) is 0 Å². The molecular weight excluding hydrogens is 388 g/mol. The fourth-order valence-electron chi connectivity index (χ4n) is 4.56. The molecule has 0 amide bonds. The van der Waals surface area contributed by atoms with Crippen LogP contribution in [-0.2, 0) is 6.42 Å². The number of aromatic nitrogens is 4. The number of piperazine rings is 1. The van der Waals surface area contributed by atoms with Crippen LogP contribution >= 0.6 is 0 Å². The Balaban J connectivity index is 1.62. The zero-order valence-corrected chi connectivity index (χ0v) is 18.5. The normalized spacial score (nSPS) is 17.0. The molecule has 4 aromatic rings. The zero-order chi connectivity index (χ0) is 21.7. The highest BCUT2D eigenvalue weighted by Crippen LogP contribution is 2.25. The lowest BCUT2D eigenvalue weighted by molar-refractivity contribution is 0.484. The molecule has 1 aliphatic heterocycles. The summed E-state index contributed by atoms with van der Waals surface area (Å²) in [6.45, 7) is 11.1. The van der Waals surface area contributed by atoms with E-state index in [1.165, 1.54) is 0 Å². The van der Waals surface area contributed by atoms with Gasteiger partial charge in [-0.25, -0.2) is 4.98 Å². The van der Waals surface area contributed by atoms with Gasteiger partial charge >= 0.3 is 0 Å². The number of fused-ring (bicyclic) bond motifs is 2. The largest absolute Gasteiger partial charge is 0.368 e. The van der Waals surface area contributed by atoms with E-state index in [9.17, 15) is 4.79 Å². The van der Waals surface area contributed by atoms with E-state index in [1.807, 2.05) is 32.4 Å². The molecule has 0 saturated carbocycles. The number of nitrogens with zero attached hydrogens (tertiary/aromatic N) is 5. The van der Waals surface area contributed by atoms with Crippen LogP contribution in [0.15, 0.2) is 41.6 Å². The minimum atomic E-state index is -0.0617. The first kappa shape index (κ1) is 19.8. The average Bonchev–Trinajstić information content (AvgIpc) is 3.17. The predicted molar refractivity (Wildman–Crippen MR) is 124 cm³/mol. The molecule has 5 rings (SSSR count). The van der Waals surface area contributed by atoms with Gasteiger partial charge in [0.15, 0.2) is 0 Å². The van der Waals surface area contributed by atoms with Gasteiger partial charge in [0, 0.05) is 55.9 Å². The van der Waals surface area contributed by atoms with E-state index in [-0.39, 0.29) is 5.56 Å². The first-order chi connectivity index (χ1) is 14.9. The molecule has 0 radical (unpaired) electrons. The number of anilines is 1. The van der Waals surface area contributed by atoms with Crippen LogP contribution in [0, 0.1) is 13.8 Å². The molecule has 1 N–H and O–H groups in total. The van der Waals surface area contributed by atoms with Crippen molar-refractivity contribution in [3.63, 3.8) is 0 Å². The summed E-state index contributed by atoms with van der Waals surface area (Å²) < 4.78 is 3.77. The maximum absolute atomic E-state index is 13.1. The fraction of sp³-hybridized carbons (Fsp3) is 0.375. The average molecular weight is 417 g/mol. The van der Waals surface area contributed by atoms with E-state index < -0.39 is 0 Å². The summed E-state index contributed by atoms with van der Waals surface area (Å²) in [5, 5.41) is 3.46. The maximum Gasteiger partial charge on any atom is 0.258 e. The molecule has 4 aromatic heterocycles.